The lowest BCUT2D eigenvalue weighted by atomic mass is 10.5. The van der Waals surface area contributed by atoms with E-state index >= 15 is 0 Å². The average molecular weight is 114 g/mol. The Hall–Kier alpha value is -0.860. The van der Waals surface area contributed by atoms with E-state index in [0.29, 0.717) is 0 Å². The van der Waals surface area contributed by atoms with Gasteiger partial charge in [-0.25, -0.2) is 0 Å². The van der Waals surface area contributed by atoms with E-state index < -0.39 is 0 Å². The van der Waals surface area contributed by atoms with E-state index in [1.165, 1.54) is 13.1 Å². The van der Waals surface area contributed by atoms with Crippen LogP contribution in [0.1, 0.15) is 6.92 Å². The van der Waals surface area contributed by atoms with Crippen LogP contribution in [-0.4, -0.2) is 31.1 Å². The molecule has 0 saturated heterocycles. The van der Waals surface area contributed by atoms with E-state index in [4.69, 9.17) is 0 Å². The fraction of sp³-hybridized carbons (Fsp3) is 0.600. The third kappa shape index (κ3) is 5.14. The van der Waals surface area contributed by atoms with Gasteiger partial charge in [0.2, 0.25) is 0 Å². The molecule has 3 heteroatoms. The van der Waals surface area contributed by atoms with Gasteiger partial charge in [-0.3, -0.25) is 4.79 Å². The minimum Gasteiger partial charge on any atom is -0.303 e. The third-order valence-corrected chi connectivity index (χ3v) is 0.470. The quantitative estimate of drug-likeness (QED) is 0.377. The number of rotatable bonds is 2. The number of hydrazone groups is 1. The number of hydrogen-bond donors (Lipinski definition) is 0. The van der Waals surface area contributed by atoms with Gasteiger partial charge in [-0.2, -0.15) is 5.10 Å². The minimum absolute atomic E-state index is 0.0290. The van der Waals surface area contributed by atoms with Gasteiger partial charge in [0, 0.05) is 21.0 Å². The van der Waals surface area contributed by atoms with E-state index in [1.54, 1.807) is 19.1 Å². The summed E-state index contributed by atoms with van der Waals surface area (Å²) >= 11 is 0. The summed E-state index contributed by atoms with van der Waals surface area (Å²) in [4.78, 5) is 10.2. The molecule has 0 atom stereocenters. The van der Waals surface area contributed by atoms with Gasteiger partial charge >= 0.3 is 0 Å². The molecule has 0 rings (SSSR count). The highest BCUT2D eigenvalue weighted by Gasteiger charge is 1.81. The van der Waals surface area contributed by atoms with Crippen LogP contribution >= 0.6 is 0 Å². The molecule has 3 nitrogen and oxygen atoms in total. The normalized spacial score (nSPS) is 9.88. The van der Waals surface area contributed by atoms with Crippen LogP contribution in [0.15, 0.2) is 5.10 Å². The summed E-state index contributed by atoms with van der Waals surface area (Å²) in [6.45, 7) is 1.47. The molecule has 0 aliphatic rings. The summed E-state index contributed by atoms with van der Waals surface area (Å²) in [5, 5.41) is 5.25. The van der Waals surface area contributed by atoms with Gasteiger partial charge in [0.25, 0.3) is 0 Å². The topological polar surface area (TPSA) is 32.7 Å². The van der Waals surface area contributed by atoms with Crippen LogP contribution in [0.4, 0.5) is 0 Å². The van der Waals surface area contributed by atoms with Crippen LogP contribution in [0.5, 0.6) is 0 Å². The molecule has 0 aliphatic heterocycles. The Morgan fingerprint density at radius 1 is 1.62 bits per heavy atom. The molecule has 0 N–H and O–H groups in total. The number of Topliss-reactive ketones (excluding diaryl/α,β-unsaturated/α-hetero) is 1. The number of carbonyl (C=O) groups excluding carboxylic acids is 1. The highest BCUT2D eigenvalue weighted by Crippen LogP contribution is 1.70. The lowest BCUT2D eigenvalue weighted by Gasteiger charge is -1.99. The van der Waals surface area contributed by atoms with Crippen molar-refractivity contribution in [3.63, 3.8) is 0 Å². The van der Waals surface area contributed by atoms with Gasteiger partial charge in [0.05, 0.1) is 6.21 Å². The molecule has 0 bridgehead atoms. The summed E-state index contributed by atoms with van der Waals surface area (Å²) in [6.07, 6.45) is 1.28. The van der Waals surface area contributed by atoms with Crippen molar-refractivity contribution in [3.05, 3.63) is 0 Å². The van der Waals surface area contributed by atoms with Crippen molar-refractivity contribution in [2.75, 3.05) is 14.1 Å². The molecule has 0 heterocycles. The first-order valence-corrected chi connectivity index (χ1v) is 2.35. The van der Waals surface area contributed by atoms with Crippen molar-refractivity contribution in [1.82, 2.24) is 5.01 Å². The average Bonchev–Trinajstić information content (AvgIpc) is 1.61. The van der Waals surface area contributed by atoms with Crippen LogP contribution in [0.25, 0.3) is 0 Å². The minimum atomic E-state index is -0.0290. The second kappa shape index (κ2) is 3.18. The van der Waals surface area contributed by atoms with Gasteiger partial charge in [0.15, 0.2) is 5.78 Å². The molecule has 0 aliphatic carbocycles. The fourth-order valence-electron chi connectivity index (χ4n) is 0.197. The smallest absolute Gasteiger partial charge is 0.172 e. The summed E-state index contributed by atoms with van der Waals surface area (Å²) < 4.78 is 0. The van der Waals surface area contributed by atoms with Gasteiger partial charge in [-0.05, 0) is 0 Å². The number of carbonyl (C=O) groups is 1. The Morgan fingerprint density at radius 2 is 2.12 bits per heavy atom. The van der Waals surface area contributed by atoms with Gasteiger partial charge in [-0.15, -0.1) is 0 Å². The Balaban J connectivity index is 3.50. The van der Waals surface area contributed by atoms with Gasteiger partial charge < -0.3 is 5.01 Å². The monoisotopic (exact) mass is 114 g/mol. The second-order valence-corrected chi connectivity index (χ2v) is 1.70. The zero-order valence-corrected chi connectivity index (χ0v) is 5.38. The molecule has 0 fully saturated rings. The molecule has 0 aromatic carbocycles. The number of hydrogen-bond acceptors (Lipinski definition) is 3. The van der Waals surface area contributed by atoms with E-state index in [9.17, 15) is 4.79 Å². The van der Waals surface area contributed by atoms with Crippen LogP contribution in [0, 0.1) is 0 Å². The van der Waals surface area contributed by atoms with Gasteiger partial charge in [0.1, 0.15) is 0 Å². The standard InChI is InChI=1S/C5H10N2O/c1-5(8)4-6-7(2)3/h4H,1-3H3/b6-4+. The molecule has 46 valence electrons. The second-order valence-electron chi connectivity index (χ2n) is 1.70. The molecule has 0 aromatic heterocycles. The first-order valence-electron chi connectivity index (χ1n) is 2.35. The maximum atomic E-state index is 10.2. The first-order chi connectivity index (χ1) is 3.63. The van der Waals surface area contributed by atoms with E-state index in [0.717, 1.165) is 0 Å². The van der Waals surface area contributed by atoms with Gasteiger partial charge in [-0.1, -0.05) is 0 Å². The molecule has 0 unspecified atom stereocenters. The van der Waals surface area contributed by atoms with Crippen molar-refractivity contribution >= 4 is 12.0 Å². The molecule has 0 aromatic rings. The predicted octanol–water partition coefficient (Wildman–Crippen LogP) is 0.123. The SMILES string of the molecule is CC(=O)/C=N/N(C)C. The largest absolute Gasteiger partial charge is 0.303 e. The van der Waals surface area contributed by atoms with Crippen LogP contribution in [-0.2, 0) is 4.79 Å². The Kier molecular flexibility index (Phi) is 2.84. The van der Waals surface area contributed by atoms with Crippen molar-refractivity contribution in [2.45, 2.75) is 6.92 Å². The summed E-state index contributed by atoms with van der Waals surface area (Å²) in [5.41, 5.74) is 0. The summed E-state index contributed by atoms with van der Waals surface area (Å²) in [5.74, 6) is -0.0290. The van der Waals surface area contributed by atoms with Crippen LogP contribution in [0.2, 0.25) is 0 Å². The molecule has 0 spiro atoms. The Bertz CT molecular complexity index is 107. The molecule has 0 amide bonds. The maximum Gasteiger partial charge on any atom is 0.172 e. The molecular weight excluding hydrogens is 104 g/mol. The summed E-state index contributed by atoms with van der Waals surface area (Å²) in [6, 6.07) is 0. The maximum absolute atomic E-state index is 10.2. The Labute approximate surface area is 49.0 Å². The van der Waals surface area contributed by atoms with Crippen LogP contribution < -0.4 is 0 Å². The zero-order valence-electron chi connectivity index (χ0n) is 5.38. The van der Waals surface area contributed by atoms with Crippen LogP contribution in [0.3, 0.4) is 0 Å². The van der Waals surface area contributed by atoms with Crippen molar-refractivity contribution < 1.29 is 4.79 Å². The fourth-order valence-corrected chi connectivity index (χ4v) is 0.197. The third-order valence-electron chi connectivity index (χ3n) is 0.470. The number of ketones is 1. The molecule has 0 radical (unpaired) electrons. The lowest BCUT2D eigenvalue weighted by molar-refractivity contribution is -0.110. The van der Waals surface area contributed by atoms with E-state index in [2.05, 4.69) is 5.10 Å². The molecule has 8 heavy (non-hydrogen) atoms. The van der Waals surface area contributed by atoms with Crippen molar-refractivity contribution in [3.8, 4) is 0 Å². The molecular formula is C5H10N2O. The molecule has 0 saturated carbocycles. The lowest BCUT2D eigenvalue weighted by Crippen LogP contribution is -2.04. The van der Waals surface area contributed by atoms with E-state index in [1.807, 2.05) is 0 Å². The number of nitrogens with zero attached hydrogens (tertiary/aromatic N) is 2. The summed E-state index contributed by atoms with van der Waals surface area (Å²) in [7, 11) is 3.53. The van der Waals surface area contributed by atoms with E-state index in [-0.39, 0.29) is 5.78 Å². The Morgan fingerprint density at radius 3 is 2.25 bits per heavy atom. The predicted molar refractivity (Wildman–Crippen MR) is 32.9 cm³/mol. The zero-order chi connectivity index (χ0) is 6.57. The van der Waals surface area contributed by atoms with Crippen molar-refractivity contribution in [2.24, 2.45) is 5.10 Å². The first kappa shape index (κ1) is 7.14. The van der Waals surface area contributed by atoms with Crippen molar-refractivity contribution in [1.29, 1.82) is 0 Å². The highest BCUT2D eigenvalue weighted by atomic mass is 16.1. The highest BCUT2D eigenvalue weighted by molar-refractivity contribution is 6.26.